The van der Waals surface area contributed by atoms with Crippen molar-refractivity contribution in [2.45, 2.75) is 24.1 Å². The van der Waals surface area contributed by atoms with Crippen molar-refractivity contribution < 1.29 is 13.9 Å². The van der Waals surface area contributed by atoms with Crippen molar-refractivity contribution in [3.8, 4) is 0 Å². The van der Waals surface area contributed by atoms with Crippen molar-refractivity contribution in [1.82, 2.24) is 20.2 Å². The van der Waals surface area contributed by atoms with Crippen LogP contribution in [0.1, 0.15) is 23.4 Å². The quantitative estimate of drug-likeness (QED) is 0.607. The SMILES string of the molecule is CCOC(=O)c1nnc(Sc2ccnc(C)n2)o1. The third-order valence-electron chi connectivity index (χ3n) is 1.80. The average molecular weight is 266 g/mol. The van der Waals surface area contributed by atoms with Crippen LogP contribution in [0.25, 0.3) is 0 Å². The highest BCUT2D eigenvalue weighted by molar-refractivity contribution is 7.99. The number of rotatable bonds is 4. The Balaban J connectivity index is 2.09. The van der Waals surface area contributed by atoms with E-state index in [1.54, 1.807) is 26.1 Å². The minimum Gasteiger partial charge on any atom is -0.459 e. The minimum absolute atomic E-state index is 0.162. The van der Waals surface area contributed by atoms with Gasteiger partial charge in [0.15, 0.2) is 0 Å². The van der Waals surface area contributed by atoms with E-state index in [1.807, 2.05) is 0 Å². The normalized spacial score (nSPS) is 10.3. The molecule has 2 rings (SSSR count). The molecule has 8 heteroatoms. The molecule has 2 heterocycles. The highest BCUT2D eigenvalue weighted by Crippen LogP contribution is 2.24. The topological polar surface area (TPSA) is 91.0 Å². The van der Waals surface area contributed by atoms with E-state index in [9.17, 15) is 4.79 Å². The summed E-state index contributed by atoms with van der Waals surface area (Å²) in [6.45, 7) is 3.74. The number of hydrogen-bond acceptors (Lipinski definition) is 8. The van der Waals surface area contributed by atoms with Gasteiger partial charge >= 0.3 is 11.9 Å². The maximum atomic E-state index is 11.3. The van der Waals surface area contributed by atoms with E-state index in [4.69, 9.17) is 9.15 Å². The van der Waals surface area contributed by atoms with Crippen LogP contribution in [-0.4, -0.2) is 32.7 Å². The molecule has 0 aliphatic heterocycles. The van der Waals surface area contributed by atoms with Crippen LogP contribution < -0.4 is 0 Å². The van der Waals surface area contributed by atoms with Crippen LogP contribution >= 0.6 is 11.8 Å². The molecule has 0 aromatic carbocycles. The van der Waals surface area contributed by atoms with Gasteiger partial charge in [-0.3, -0.25) is 0 Å². The molecule has 0 saturated carbocycles. The second-order valence-electron chi connectivity index (χ2n) is 3.14. The van der Waals surface area contributed by atoms with Gasteiger partial charge in [0, 0.05) is 6.20 Å². The zero-order valence-corrected chi connectivity index (χ0v) is 10.6. The second-order valence-corrected chi connectivity index (χ2v) is 4.11. The van der Waals surface area contributed by atoms with Crippen LogP contribution in [-0.2, 0) is 4.74 Å². The van der Waals surface area contributed by atoms with Crippen molar-refractivity contribution in [3.05, 3.63) is 24.0 Å². The molecule has 2 aromatic rings. The van der Waals surface area contributed by atoms with Gasteiger partial charge in [0.2, 0.25) is 0 Å². The fourth-order valence-electron chi connectivity index (χ4n) is 1.11. The summed E-state index contributed by atoms with van der Waals surface area (Å²) in [7, 11) is 0. The van der Waals surface area contributed by atoms with E-state index in [1.165, 1.54) is 0 Å². The van der Waals surface area contributed by atoms with Crippen molar-refractivity contribution in [3.63, 3.8) is 0 Å². The average Bonchev–Trinajstić information content (AvgIpc) is 2.78. The summed E-state index contributed by atoms with van der Waals surface area (Å²) in [6, 6.07) is 1.71. The summed E-state index contributed by atoms with van der Waals surface area (Å²) >= 11 is 1.16. The van der Waals surface area contributed by atoms with Gasteiger partial charge in [-0.25, -0.2) is 14.8 Å². The number of ether oxygens (including phenoxy) is 1. The van der Waals surface area contributed by atoms with E-state index in [0.29, 0.717) is 10.9 Å². The highest BCUT2D eigenvalue weighted by Gasteiger charge is 2.16. The Bertz CT molecular complexity index is 558. The Morgan fingerprint density at radius 3 is 3.06 bits per heavy atom. The van der Waals surface area contributed by atoms with Crippen LogP contribution in [0.5, 0.6) is 0 Å². The largest absolute Gasteiger partial charge is 0.459 e. The number of aromatic nitrogens is 4. The van der Waals surface area contributed by atoms with Crippen LogP contribution in [0.3, 0.4) is 0 Å². The first-order chi connectivity index (χ1) is 8.69. The summed E-state index contributed by atoms with van der Waals surface area (Å²) in [5.74, 6) is -0.147. The Morgan fingerprint density at radius 2 is 2.33 bits per heavy atom. The highest BCUT2D eigenvalue weighted by atomic mass is 32.2. The molecule has 0 radical (unpaired) electrons. The van der Waals surface area contributed by atoms with E-state index in [2.05, 4.69) is 20.2 Å². The van der Waals surface area contributed by atoms with Crippen molar-refractivity contribution in [2.24, 2.45) is 0 Å². The third kappa shape index (κ3) is 3.04. The zero-order valence-electron chi connectivity index (χ0n) is 9.78. The van der Waals surface area contributed by atoms with Gasteiger partial charge in [-0.1, -0.05) is 5.10 Å². The number of carbonyl (C=O) groups is 1. The van der Waals surface area contributed by atoms with Crippen molar-refractivity contribution in [1.29, 1.82) is 0 Å². The predicted octanol–water partition coefficient (Wildman–Crippen LogP) is 1.50. The Kier molecular flexibility index (Phi) is 3.88. The van der Waals surface area contributed by atoms with E-state index >= 15 is 0 Å². The lowest BCUT2D eigenvalue weighted by Crippen LogP contribution is -2.04. The fraction of sp³-hybridized carbons (Fsp3) is 0.300. The van der Waals surface area contributed by atoms with Gasteiger partial charge in [-0.15, -0.1) is 5.10 Å². The van der Waals surface area contributed by atoms with E-state index in [0.717, 1.165) is 11.8 Å². The molecule has 7 nitrogen and oxygen atoms in total. The van der Waals surface area contributed by atoms with Crippen LogP contribution in [0, 0.1) is 6.92 Å². The molecule has 0 atom stereocenters. The maximum Gasteiger partial charge on any atom is 0.396 e. The fourth-order valence-corrected chi connectivity index (χ4v) is 1.79. The molecule has 0 amide bonds. The Labute approximate surface area is 107 Å². The van der Waals surface area contributed by atoms with Gasteiger partial charge in [0.05, 0.1) is 6.61 Å². The van der Waals surface area contributed by atoms with Crippen molar-refractivity contribution >= 4 is 17.7 Å². The number of nitrogens with zero attached hydrogens (tertiary/aromatic N) is 4. The summed E-state index contributed by atoms with van der Waals surface area (Å²) < 4.78 is 9.89. The van der Waals surface area contributed by atoms with Crippen LogP contribution in [0.4, 0.5) is 0 Å². The summed E-state index contributed by atoms with van der Waals surface area (Å²) in [5, 5.41) is 8.23. The van der Waals surface area contributed by atoms with Crippen LogP contribution in [0.2, 0.25) is 0 Å². The first-order valence-electron chi connectivity index (χ1n) is 5.17. The first-order valence-corrected chi connectivity index (χ1v) is 5.99. The lowest BCUT2D eigenvalue weighted by Gasteiger charge is -1.96. The van der Waals surface area contributed by atoms with E-state index < -0.39 is 5.97 Å². The molecular formula is C10H10N4O3S. The summed E-state index contributed by atoms with van der Waals surface area (Å²) in [6.07, 6.45) is 1.63. The molecule has 2 aromatic heterocycles. The molecular weight excluding hydrogens is 256 g/mol. The van der Waals surface area contributed by atoms with Crippen molar-refractivity contribution in [2.75, 3.05) is 6.61 Å². The zero-order chi connectivity index (χ0) is 13.0. The molecule has 18 heavy (non-hydrogen) atoms. The van der Waals surface area contributed by atoms with Crippen LogP contribution in [0.15, 0.2) is 26.9 Å². The minimum atomic E-state index is -0.629. The predicted molar refractivity (Wildman–Crippen MR) is 61.1 cm³/mol. The van der Waals surface area contributed by atoms with Gasteiger partial charge in [-0.2, -0.15) is 0 Å². The standard InChI is InChI=1S/C10H10N4O3S/c1-3-16-9(15)8-13-14-10(17-8)18-7-4-5-11-6(2)12-7/h4-5H,3H2,1-2H3. The third-order valence-corrected chi connectivity index (χ3v) is 2.57. The molecule has 94 valence electrons. The summed E-state index contributed by atoms with van der Waals surface area (Å²) in [5.41, 5.74) is 0. The maximum absolute atomic E-state index is 11.3. The van der Waals surface area contributed by atoms with Gasteiger partial charge in [0.25, 0.3) is 5.22 Å². The lowest BCUT2D eigenvalue weighted by atomic mass is 10.6. The first kappa shape index (κ1) is 12.5. The molecule has 0 saturated heterocycles. The Hall–Kier alpha value is -1.96. The molecule has 0 bridgehead atoms. The lowest BCUT2D eigenvalue weighted by molar-refractivity contribution is 0.0475. The molecule has 0 unspecified atom stereocenters. The van der Waals surface area contributed by atoms with Gasteiger partial charge < -0.3 is 9.15 Å². The number of carbonyl (C=O) groups excluding carboxylic acids is 1. The Morgan fingerprint density at radius 1 is 1.50 bits per heavy atom. The monoisotopic (exact) mass is 266 g/mol. The number of hydrogen-bond donors (Lipinski definition) is 0. The molecule has 0 aliphatic carbocycles. The second kappa shape index (κ2) is 5.58. The number of esters is 1. The van der Waals surface area contributed by atoms with E-state index in [-0.39, 0.29) is 17.7 Å². The smallest absolute Gasteiger partial charge is 0.396 e. The van der Waals surface area contributed by atoms with Gasteiger partial charge in [0.1, 0.15) is 10.9 Å². The van der Waals surface area contributed by atoms with Gasteiger partial charge in [-0.05, 0) is 31.7 Å². The molecule has 0 fully saturated rings. The molecule has 0 N–H and O–H groups in total. The number of aryl methyl sites for hydroxylation is 1. The molecule has 0 spiro atoms. The molecule has 0 aliphatic rings. The summed E-state index contributed by atoms with van der Waals surface area (Å²) in [4.78, 5) is 19.5.